The van der Waals surface area contributed by atoms with Crippen LogP contribution in [0.25, 0.3) is 0 Å². The van der Waals surface area contributed by atoms with Gasteiger partial charge < -0.3 is 19.1 Å². The van der Waals surface area contributed by atoms with E-state index in [-0.39, 0.29) is 11.9 Å². The van der Waals surface area contributed by atoms with Crippen molar-refractivity contribution < 1.29 is 19.0 Å². The number of rotatable bonds is 10. The molecule has 0 spiro atoms. The number of thiazole rings is 1. The molecule has 6 nitrogen and oxygen atoms in total. The third-order valence-electron chi connectivity index (χ3n) is 4.18. The number of hydrogen-bond donors (Lipinski definition) is 0. The Morgan fingerprint density at radius 1 is 1.14 bits per heavy atom. The first-order valence-electron chi connectivity index (χ1n) is 9.42. The molecule has 0 atom stereocenters. The summed E-state index contributed by atoms with van der Waals surface area (Å²) in [6.45, 7) is 8.99. The fourth-order valence-electron chi connectivity index (χ4n) is 2.78. The van der Waals surface area contributed by atoms with Crippen LogP contribution in [0.1, 0.15) is 44.8 Å². The van der Waals surface area contributed by atoms with Crippen LogP contribution in [-0.4, -0.2) is 36.1 Å². The zero-order valence-electron chi connectivity index (χ0n) is 17.5. The van der Waals surface area contributed by atoms with E-state index in [1.807, 2.05) is 42.3 Å². The highest BCUT2D eigenvalue weighted by molar-refractivity contribution is 7.09. The monoisotopic (exact) mass is 406 g/mol. The Hall–Kier alpha value is -2.28. The number of nitrogens with zero attached hydrogens (tertiary/aromatic N) is 2. The lowest BCUT2D eigenvalue weighted by molar-refractivity contribution is -0.134. The van der Waals surface area contributed by atoms with E-state index in [0.717, 1.165) is 10.7 Å². The molecular weight excluding hydrogens is 376 g/mol. The maximum atomic E-state index is 12.5. The van der Waals surface area contributed by atoms with Crippen molar-refractivity contribution >= 4 is 17.2 Å². The number of amides is 1. The molecule has 154 valence electrons. The van der Waals surface area contributed by atoms with Gasteiger partial charge in [-0.05, 0) is 31.9 Å². The summed E-state index contributed by atoms with van der Waals surface area (Å²) in [5.74, 6) is 2.28. The van der Waals surface area contributed by atoms with E-state index in [1.165, 1.54) is 11.3 Å². The molecule has 28 heavy (non-hydrogen) atoms. The zero-order chi connectivity index (χ0) is 20.7. The fourth-order valence-corrected chi connectivity index (χ4v) is 3.48. The van der Waals surface area contributed by atoms with Gasteiger partial charge in [-0.15, -0.1) is 11.3 Å². The number of carbonyl (C=O) groups excluding carboxylic acids is 1. The molecule has 1 heterocycles. The minimum absolute atomic E-state index is 0.130. The van der Waals surface area contributed by atoms with E-state index in [4.69, 9.17) is 14.2 Å². The van der Waals surface area contributed by atoms with E-state index in [0.29, 0.717) is 42.7 Å². The molecule has 0 saturated heterocycles. The van der Waals surface area contributed by atoms with Crippen molar-refractivity contribution in [2.75, 3.05) is 14.2 Å². The van der Waals surface area contributed by atoms with Crippen LogP contribution in [0.2, 0.25) is 0 Å². The second kappa shape index (κ2) is 10.3. The van der Waals surface area contributed by atoms with Crippen molar-refractivity contribution in [2.45, 2.75) is 53.3 Å². The smallest absolute Gasteiger partial charge is 0.223 e. The van der Waals surface area contributed by atoms with Gasteiger partial charge in [-0.1, -0.05) is 19.9 Å². The van der Waals surface area contributed by atoms with Gasteiger partial charge in [0.25, 0.3) is 0 Å². The molecular formula is C21H30N2O4S. The summed E-state index contributed by atoms with van der Waals surface area (Å²) in [7, 11) is 3.19. The molecule has 0 N–H and O–H groups in total. The summed E-state index contributed by atoms with van der Waals surface area (Å²) in [5.41, 5.74) is 0.876. The van der Waals surface area contributed by atoms with E-state index in [1.54, 1.807) is 14.2 Å². The Morgan fingerprint density at radius 3 is 2.32 bits per heavy atom. The van der Waals surface area contributed by atoms with Crippen molar-refractivity contribution in [1.82, 2.24) is 9.88 Å². The molecule has 1 aromatic carbocycles. The van der Waals surface area contributed by atoms with Crippen LogP contribution >= 0.6 is 11.3 Å². The average molecular weight is 407 g/mol. The molecule has 1 aromatic heterocycles. The Morgan fingerprint density at radius 2 is 1.79 bits per heavy atom. The third kappa shape index (κ3) is 5.86. The predicted octanol–water partition coefficient (Wildman–Crippen LogP) is 4.52. The topological polar surface area (TPSA) is 60.9 Å². The largest absolute Gasteiger partial charge is 0.493 e. The number of carbonyl (C=O) groups is 1. The molecule has 2 aromatic rings. The van der Waals surface area contributed by atoms with Crippen LogP contribution in [0, 0.1) is 5.92 Å². The minimum atomic E-state index is 0.130. The van der Waals surface area contributed by atoms with Gasteiger partial charge in [-0.3, -0.25) is 4.79 Å². The fraction of sp³-hybridized carbons (Fsp3) is 0.524. The molecule has 0 bridgehead atoms. The highest BCUT2D eigenvalue weighted by Crippen LogP contribution is 2.37. The summed E-state index contributed by atoms with van der Waals surface area (Å²) in [4.78, 5) is 19.0. The van der Waals surface area contributed by atoms with Crippen molar-refractivity contribution in [2.24, 2.45) is 5.92 Å². The standard InChI is InChI=1S/C21H30N2O4S/c1-14(2)10-20(24)23(15(3)4)11-16-13-28-19(22-16)12-27-21-17(25-5)8-7-9-18(21)26-6/h7-9,13-15H,10-12H2,1-6H3. The molecule has 7 heteroatoms. The van der Waals surface area contributed by atoms with E-state index < -0.39 is 0 Å². The van der Waals surface area contributed by atoms with Crippen LogP contribution in [0.15, 0.2) is 23.6 Å². The predicted molar refractivity (Wildman–Crippen MR) is 111 cm³/mol. The molecule has 0 aliphatic carbocycles. The summed E-state index contributed by atoms with van der Waals surface area (Å²) < 4.78 is 16.6. The highest BCUT2D eigenvalue weighted by atomic mass is 32.1. The lowest BCUT2D eigenvalue weighted by Gasteiger charge is -2.26. The van der Waals surface area contributed by atoms with Gasteiger partial charge in [0.1, 0.15) is 11.6 Å². The van der Waals surface area contributed by atoms with Crippen LogP contribution in [0.3, 0.4) is 0 Å². The number of benzene rings is 1. The van der Waals surface area contributed by atoms with Crippen molar-refractivity contribution in [3.05, 3.63) is 34.3 Å². The van der Waals surface area contributed by atoms with E-state index in [9.17, 15) is 4.79 Å². The van der Waals surface area contributed by atoms with Crippen molar-refractivity contribution in [3.8, 4) is 17.2 Å². The van der Waals surface area contributed by atoms with Gasteiger partial charge in [-0.25, -0.2) is 4.98 Å². The lowest BCUT2D eigenvalue weighted by atomic mass is 10.1. The maximum absolute atomic E-state index is 12.5. The second-order valence-electron chi connectivity index (χ2n) is 7.23. The van der Waals surface area contributed by atoms with Gasteiger partial charge in [0.15, 0.2) is 11.5 Å². The van der Waals surface area contributed by atoms with Gasteiger partial charge in [-0.2, -0.15) is 0 Å². The highest BCUT2D eigenvalue weighted by Gasteiger charge is 2.20. The molecule has 0 aliphatic rings. The van der Waals surface area contributed by atoms with Crippen LogP contribution < -0.4 is 14.2 Å². The normalized spacial score (nSPS) is 11.0. The Bertz CT molecular complexity index is 751. The molecule has 0 radical (unpaired) electrons. The number of para-hydroxylation sites is 1. The van der Waals surface area contributed by atoms with Crippen LogP contribution in [0.4, 0.5) is 0 Å². The lowest BCUT2D eigenvalue weighted by Crippen LogP contribution is -2.37. The first kappa shape index (κ1) is 22.0. The van der Waals surface area contributed by atoms with Crippen molar-refractivity contribution in [3.63, 3.8) is 0 Å². The first-order valence-corrected chi connectivity index (χ1v) is 10.3. The molecule has 1 amide bonds. The molecule has 0 saturated carbocycles. The quantitative estimate of drug-likeness (QED) is 0.580. The molecule has 2 rings (SSSR count). The maximum Gasteiger partial charge on any atom is 0.223 e. The Balaban J connectivity index is 2.05. The van der Waals surface area contributed by atoms with E-state index >= 15 is 0 Å². The number of hydrogen-bond acceptors (Lipinski definition) is 6. The third-order valence-corrected chi connectivity index (χ3v) is 5.05. The van der Waals surface area contributed by atoms with Crippen molar-refractivity contribution in [1.29, 1.82) is 0 Å². The van der Waals surface area contributed by atoms with Gasteiger partial charge in [0.2, 0.25) is 11.7 Å². The summed E-state index contributed by atoms with van der Waals surface area (Å²) in [6.07, 6.45) is 0.548. The van der Waals surface area contributed by atoms with Gasteiger partial charge >= 0.3 is 0 Å². The SMILES string of the molecule is COc1cccc(OC)c1OCc1nc(CN(C(=O)CC(C)C)C(C)C)cs1. The Kier molecular flexibility index (Phi) is 8.11. The zero-order valence-corrected chi connectivity index (χ0v) is 18.3. The Labute approximate surface area is 171 Å². The molecule has 0 unspecified atom stereocenters. The minimum Gasteiger partial charge on any atom is -0.493 e. The molecule has 0 fully saturated rings. The second-order valence-corrected chi connectivity index (χ2v) is 8.17. The van der Waals surface area contributed by atoms with Crippen LogP contribution in [0.5, 0.6) is 17.2 Å². The average Bonchev–Trinajstić information content (AvgIpc) is 3.10. The number of ether oxygens (including phenoxy) is 3. The number of aromatic nitrogens is 1. The van der Waals surface area contributed by atoms with Crippen LogP contribution in [-0.2, 0) is 17.9 Å². The van der Waals surface area contributed by atoms with Gasteiger partial charge in [0.05, 0.1) is 26.5 Å². The summed E-state index contributed by atoms with van der Waals surface area (Å²) in [5, 5.41) is 2.82. The number of methoxy groups -OCH3 is 2. The van der Waals surface area contributed by atoms with Gasteiger partial charge in [0, 0.05) is 17.8 Å². The summed E-state index contributed by atoms with van der Waals surface area (Å²) >= 11 is 1.52. The van der Waals surface area contributed by atoms with E-state index in [2.05, 4.69) is 18.8 Å². The molecule has 0 aliphatic heterocycles. The summed E-state index contributed by atoms with van der Waals surface area (Å²) in [6, 6.07) is 5.63. The first-order chi connectivity index (χ1) is 13.3.